The van der Waals surface area contributed by atoms with Gasteiger partial charge in [0.1, 0.15) is 6.07 Å². The molecule has 0 spiro atoms. The first-order chi connectivity index (χ1) is 10.5. The van der Waals surface area contributed by atoms with Crippen molar-refractivity contribution in [1.29, 1.82) is 5.26 Å². The van der Waals surface area contributed by atoms with Crippen LogP contribution in [0, 0.1) is 11.3 Å². The fraction of sp³-hybridized carbons (Fsp3) is 0.133. The zero-order chi connectivity index (χ0) is 16.2. The molecule has 0 radical (unpaired) electrons. The Morgan fingerprint density at radius 2 is 2.00 bits per heavy atom. The van der Waals surface area contributed by atoms with E-state index in [1.165, 1.54) is 13.1 Å². The first-order valence-corrected chi connectivity index (χ1v) is 8.28. The Kier molecular flexibility index (Phi) is 5.03. The standard InChI is InChI=1S/C15H14ClN3O2S/c1-18-22(20,21)14-4-2-3-11(7-14)10-19-15-6-5-13(16)8-12(15)9-17/h2-8,18-19H,10H2,1H3. The first kappa shape index (κ1) is 16.3. The quantitative estimate of drug-likeness (QED) is 0.880. The highest BCUT2D eigenvalue weighted by atomic mass is 35.5. The minimum atomic E-state index is -3.47. The third-order valence-corrected chi connectivity index (χ3v) is 4.71. The molecule has 0 amide bonds. The van der Waals surface area contributed by atoms with Crippen molar-refractivity contribution in [2.24, 2.45) is 0 Å². The summed E-state index contributed by atoms with van der Waals surface area (Å²) in [5, 5.41) is 12.7. The molecule has 0 heterocycles. The number of anilines is 1. The number of hydrogen-bond donors (Lipinski definition) is 2. The van der Waals surface area contributed by atoms with Crippen molar-refractivity contribution in [3.8, 4) is 6.07 Å². The lowest BCUT2D eigenvalue weighted by Crippen LogP contribution is -2.18. The van der Waals surface area contributed by atoms with Crippen LogP contribution in [0.3, 0.4) is 0 Å². The number of nitriles is 1. The topological polar surface area (TPSA) is 82.0 Å². The van der Waals surface area contributed by atoms with Gasteiger partial charge in [-0.3, -0.25) is 0 Å². The Labute approximate surface area is 134 Å². The number of nitrogens with zero attached hydrogens (tertiary/aromatic N) is 1. The molecule has 0 bridgehead atoms. The molecule has 0 saturated carbocycles. The molecule has 2 aromatic carbocycles. The maximum atomic E-state index is 11.8. The molecule has 0 aliphatic rings. The van der Waals surface area contributed by atoms with Gasteiger partial charge in [-0.2, -0.15) is 5.26 Å². The number of rotatable bonds is 5. The Morgan fingerprint density at radius 3 is 2.68 bits per heavy atom. The highest BCUT2D eigenvalue weighted by Crippen LogP contribution is 2.21. The van der Waals surface area contributed by atoms with Gasteiger partial charge in [0.25, 0.3) is 0 Å². The summed E-state index contributed by atoms with van der Waals surface area (Å²) in [5.41, 5.74) is 1.87. The number of sulfonamides is 1. The molecular formula is C15H14ClN3O2S. The normalized spacial score (nSPS) is 11.0. The number of benzene rings is 2. The van der Waals surface area contributed by atoms with Crippen molar-refractivity contribution in [3.05, 3.63) is 58.6 Å². The largest absolute Gasteiger partial charge is 0.380 e. The van der Waals surface area contributed by atoms with Crippen molar-refractivity contribution in [1.82, 2.24) is 4.72 Å². The Morgan fingerprint density at radius 1 is 1.23 bits per heavy atom. The molecule has 0 aliphatic heterocycles. The maximum Gasteiger partial charge on any atom is 0.240 e. The van der Waals surface area contributed by atoms with Crippen LogP contribution in [-0.2, 0) is 16.6 Å². The number of hydrogen-bond acceptors (Lipinski definition) is 4. The molecule has 7 heteroatoms. The average Bonchev–Trinajstić information content (AvgIpc) is 2.53. The zero-order valence-electron chi connectivity index (χ0n) is 11.8. The summed E-state index contributed by atoms with van der Waals surface area (Å²) in [6, 6.07) is 13.6. The molecule has 0 saturated heterocycles. The van der Waals surface area contributed by atoms with Crippen LogP contribution in [0.2, 0.25) is 5.02 Å². The van der Waals surface area contributed by atoms with Crippen LogP contribution in [0.1, 0.15) is 11.1 Å². The van der Waals surface area contributed by atoms with E-state index in [0.29, 0.717) is 22.8 Å². The lowest BCUT2D eigenvalue weighted by atomic mass is 10.1. The van der Waals surface area contributed by atoms with Gasteiger partial charge < -0.3 is 5.32 Å². The van der Waals surface area contributed by atoms with Crippen LogP contribution < -0.4 is 10.0 Å². The summed E-state index contributed by atoms with van der Waals surface area (Å²) < 4.78 is 25.8. The lowest BCUT2D eigenvalue weighted by Gasteiger charge is -2.10. The minimum absolute atomic E-state index is 0.200. The third kappa shape index (κ3) is 3.77. The molecule has 0 atom stereocenters. The molecule has 5 nitrogen and oxygen atoms in total. The molecule has 2 N–H and O–H groups in total. The van der Waals surface area contributed by atoms with E-state index in [4.69, 9.17) is 16.9 Å². The summed E-state index contributed by atoms with van der Waals surface area (Å²) in [4.78, 5) is 0.200. The molecule has 2 rings (SSSR count). The zero-order valence-corrected chi connectivity index (χ0v) is 13.4. The summed E-state index contributed by atoms with van der Waals surface area (Å²) in [6.07, 6.45) is 0. The van der Waals surface area contributed by atoms with Crippen LogP contribution in [-0.4, -0.2) is 15.5 Å². The van der Waals surface area contributed by atoms with E-state index in [2.05, 4.69) is 16.1 Å². The van der Waals surface area contributed by atoms with Crippen LogP contribution in [0.5, 0.6) is 0 Å². The van der Waals surface area contributed by atoms with Gasteiger partial charge >= 0.3 is 0 Å². The van der Waals surface area contributed by atoms with Gasteiger partial charge in [0.2, 0.25) is 10.0 Å². The predicted molar refractivity (Wildman–Crippen MR) is 86.2 cm³/mol. The second-order valence-electron chi connectivity index (χ2n) is 4.51. The van der Waals surface area contributed by atoms with E-state index in [1.54, 1.807) is 30.3 Å². The van der Waals surface area contributed by atoms with Gasteiger partial charge in [0, 0.05) is 11.6 Å². The molecular weight excluding hydrogens is 322 g/mol. The lowest BCUT2D eigenvalue weighted by molar-refractivity contribution is 0.588. The average molecular weight is 336 g/mol. The van der Waals surface area contributed by atoms with E-state index in [-0.39, 0.29) is 4.90 Å². The molecule has 0 aliphatic carbocycles. The van der Waals surface area contributed by atoms with E-state index in [9.17, 15) is 8.42 Å². The number of nitrogens with one attached hydrogen (secondary N) is 2. The van der Waals surface area contributed by atoms with Crippen molar-refractivity contribution in [2.75, 3.05) is 12.4 Å². The Bertz CT molecular complexity index is 829. The SMILES string of the molecule is CNS(=O)(=O)c1cccc(CNc2ccc(Cl)cc2C#N)c1. The molecule has 22 heavy (non-hydrogen) atoms. The number of halogens is 1. The van der Waals surface area contributed by atoms with Crippen LogP contribution in [0.4, 0.5) is 5.69 Å². The fourth-order valence-electron chi connectivity index (χ4n) is 1.90. The van der Waals surface area contributed by atoms with Gasteiger partial charge in [-0.15, -0.1) is 0 Å². The van der Waals surface area contributed by atoms with Gasteiger partial charge in [-0.25, -0.2) is 13.1 Å². The van der Waals surface area contributed by atoms with Crippen molar-refractivity contribution in [2.45, 2.75) is 11.4 Å². The van der Waals surface area contributed by atoms with Crippen LogP contribution >= 0.6 is 11.6 Å². The third-order valence-electron chi connectivity index (χ3n) is 3.06. The minimum Gasteiger partial charge on any atom is -0.380 e. The molecule has 0 fully saturated rings. The van der Waals surface area contributed by atoms with Crippen molar-refractivity contribution < 1.29 is 8.42 Å². The summed E-state index contributed by atoms with van der Waals surface area (Å²) in [6.45, 7) is 0.392. The monoisotopic (exact) mass is 335 g/mol. The Balaban J connectivity index is 2.20. The van der Waals surface area contributed by atoms with Gasteiger partial charge in [-0.05, 0) is 42.9 Å². The highest BCUT2D eigenvalue weighted by molar-refractivity contribution is 7.89. The van der Waals surface area contributed by atoms with Gasteiger partial charge in [0.15, 0.2) is 0 Å². The highest BCUT2D eigenvalue weighted by Gasteiger charge is 2.11. The van der Waals surface area contributed by atoms with Crippen LogP contribution in [0.15, 0.2) is 47.4 Å². The van der Waals surface area contributed by atoms with E-state index in [1.807, 2.05) is 6.07 Å². The second kappa shape index (κ2) is 6.79. The van der Waals surface area contributed by atoms with E-state index < -0.39 is 10.0 Å². The van der Waals surface area contributed by atoms with Gasteiger partial charge in [-0.1, -0.05) is 23.7 Å². The Hall–Kier alpha value is -2.07. The summed E-state index contributed by atoms with van der Waals surface area (Å²) in [7, 11) is -2.10. The molecule has 114 valence electrons. The fourth-order valence-corrected chi connectivity index (χ4v) is 2.87. The van der Waals surface area contributed by atoms with Crippen molar-refractivity contribution in [3.63, 3.8) is 0 Å². The molecule has 0 unspecified atom stereocenters. The molecule has 0 aromatic heterocycles. The first-order valence-electron chi connectivity index (χ1n) is 6.42. The van der Waals surface area contributed by atoms with Gasteiger partial charge in [0.05, 0.1) is 16.1 Å². The second-order valence-corrected chi connectivity index (χ2v) is 6.83. The molecule has 2 aromatic rings. The van der Waals surface area contributed by atoms with Crippen LogP contribution in [0.25, 0.3) is 0 Å². The maximum absolute atomic E-state index is 11.8. The summed E-state index contributed by atoms with van der Waals surface area (Å²) >= 11 is 5.85. The predicted octanol–water partition coefficient (Wildman–Crippen LogP) is 2.73. The van der Waals surface area contributed by atoms with E-state index >= 15 is 0 Å². The smallest absolute Gasteiger partial charge is 0.240 e. The van der Waals surface area contributed by atoms with E-state index in [0.717, 1.165) is 5.56 Å². The van der Waals surface area contributed by atoms with Crippen molar-refractivity contribution >= 4 is 27.3 Å². The summed E-state index contributed by atoms with van der Waals surface area (Å²) in [5.74, 6) is 0.